The second-order valence-corrected chi connectivity index (χ2v) is 7.72. The van der Waals surface area contributed by atoms with E-state index in [0.29, 0.717) is 16.9 Å². The number of rotatable bonds is 7. The van der Waals surface area contributed by atoms with Crippen LogP contribution < -0.4 is 11.1 Å². The number of halogens is 2. The number of imidazole rings is 1. The molecule has 12 heteroatoms. The molecule has 1 aromatic carbocycles. The van der Waals surface area contributed by atoms with Crippen LogP contribution in [0.4, 0.5) is 14.6 Å². The van der Waals surface area contributed by atoms with Gasteiger partial charge in [0.25, 0.3) is 6.43 Å². The van der Waals surface area contributed by atoms with Crippen molar-refractivity contribution in [2.24, 2.45) is 0 Å². The van der Waals surface area contributed by atoms with Crippen LogP contribution in [0.5, 0.6) is 0 Å². The highest BCUT2D eigenvalue weighted by atomic mass is 19.3. The summed E-state index contributed by atoms with van der Waals surface area (Å²) in [6, 6.07) is 4.53. The van der Waals surface area contributed by atoms with Crippen LogP contribution in [0.15, 0.2) is 36.7 Å². The number of nitrogens with two attached hydrogens (primary N) is 1. The summed E-state index contributed by atoms with van der Waals surface area (Å²) in [4.78, 5) is 8.48. The maximum absolute atomic E-state index is 13.4. The number of nitrogens with zero attached hydrogens (tertiary/aromatic N) is 3. The van der Waals surface area contributed by atoms with Gasteiger partial charge in [-0.25, -0.2) is 18.7 Å². The summed E-state index contributed by atoms with van der Waals surface area (Å²) in [5.74, 6) is -2.26. The van der Waals surface area contributed by atoms with Gasteiger partial charge in [0.2, 0.25) is 7.85 Å². The lowest BCUT2D eigenvalue weighted by molar-refractivity contribution is -0.0986. The first-order chi connectivity index (χ1) is 14.8. The molecule has 0 amide bonds. The number of hydrogen-bond acceptors (Lipinski definition) is 8. The molecule has 0 saturated carbocycles. The first-order valence-electron chi connectivity index (χ1n) is 9.55. The van der Waals surface area contributed by atoms with Crippen LogP contribution in [0.3, 0.4) is 0 Å². The van der Waals surface area contributed by atoms with Gasteiger partial charge < -0.3 is 31.8 Å². The van der Waals surface area contributed by atoms with E-state index in [9.17, 15) is 24.1 Å². The van der Waals surface area contributed by atoms with Crippen molar-refractivity contribution >= 4 is 31.2 Å². The summed E-state index contributed by atoms with van der Waals surface area (Å²) >= 11 is 0. The molecular formula is C20H23BF2N6O3. The van der Waals surface area contributed by atoms with Gasteiger partial charge in [0.05, 0.1) is 17.6 Å². The molecule has 3 rings (SSSR count). The van der Waals surface area contributed by atoms with Gasteiger partial charge in [-0.15, -0.1) is 0 Å². The third-order valence-corrected chi connectivity index (χ3v) is 4.94. The molecule has 3 aromatic rings. The van der Waals surface area contributed by atoms with Crippen LogP contribution >= 0.6 is 0 Å². The minimum absolute atomic E-state index is 0.0254. The predicted octanol–water partition coefficient (Wildman–Crippen LogP) is 0.569. The molecule has 32 heavy (non-hydrogen) atoms. The summed E-state index contributed by atoms with van der Waals surface area (Å²) in [6.45, 7) is 2.83. The molecule has 0 spiro atoms. The number of anilines is 1. The third-order valence-electron chi connectivity index (χ3n) is 4.94. The molecule has 0 aliphatic rings. The quantitative estimate of drug-likeness (QED) is 0.177. The Kier molecular flexibility index (Phi) is 6.05. The highest BCUT2D eigenvalue weighted by Gasteiger charge is 2.34. The predicted molar refractivity (Wildman–Crippen MR) is 119 cm³/mol. The molecule has 9 nitrogen and oxygen atoms in total. The van der Waals surface area contributed by atoms with Crippen molar-refractivity contribution in [3.8, 4) is 11.3 Å². The Morgan fingerprint density at radius 3 is 2.62 bits per heavy atom. The fraction of sp³-hybridized carbons (Fsp3) is 0.250. The molecule has 1 atom stereocenters. The molecule has 2 heterocycles. The Balaban J connectivity index is 2.22. The van der Waals surface area contributed by atoms with Crippen molar-refractivity contribution in [1.29, 1.82) is 5.41 Å². The molecule has 0 aliphatic carbocycles. The first-order valence-corrected chi connectivity index (χ1v) is 9.55. The minimum Gasteiger partial charge on any atom is -0.381 e. The molecule has 2 aromatic heterocycles. The fourth-order valence-electron chi connectivity index (χ4n) is 3.21. The largest absolute Gasteiger partial charge is 0.381 e. The van der Waals surface area contributed by atoms with Gasteiger partial charge in [0, 0.05) is 18.0 Å². The van der Waals surface area contributed by atoms with E-state index in [0.717, 1.165) is 26.5 Å². The third kappa shape index (κ3) is 4.47. The van der Waals surface area contributed by atoms with E-state index in [1.165, 1.54) is 30.6 Å². The number of allylic oxidation sites excluding steroid dienone is 1. The Labute approximate surface area is 183 Å². The van der Waals surface area contributed by atoms with Gasteiger partial charge in [0.1, 0.15) is 11.3 Å². The number of nitrogen functional groups attached to an aromatic ring is 1. The Morgan fingerprint density at radius 2 is 2.03 bits per heavy atom. The van der Waals surface area contributed by atoms with E-state index < -0.39 is 17.8 Å². The Hall–Kier alpha value is -3.35. The lowest BCUT2D eigenvalue weighted by Gasteiger charge is -2.24. The number of aliphatic hydroxyl groups is 3. The molecule has 0 radical (unpaired) electrons. The monoisotopic (exact) mass is 444 g/mol. The molecule has 0 fully saturated rings. The van der Waals surface area contributed by atoms with E-state index in [-0.39, 0.29) is 22.8 Å². The average molecular weight is 444 g/mol. The van der Waals surface area contributed by atoms with Crippen LogP contribution in [0.1, 0.15) is 23.7 Å². The smallest absolute Gasteiger partial charge is 0.270 e. The van der Waals surface area contributed by atoms with Crippen LogP contribution in [0.25, 0.3) is 22.6 Å². The minimum atomic E-state index is -2.99. The summed E-state index contributed by atoms with van der Waals surface area (Å²) in [5.41, 5.74) is 6.09. The highest BCUT2D eigenvalue weighted by Crippen LogP contribution is 2.33. The number of nitrogens with one attached hydrogen (secondary N) is 2. The van der Waals surface area contributed by atoms with Crippen molar-refractivity contribution in [1.82, 2.24) is 19.7 Å². The number of benzene rings is 1. The van der Waals surface area contributed by atoms with Crippen LogP contribution in [-0.2, 0) is 5.60 Å². The molecule has 0 bridgehead atoms. The Bertz CT molecular complexity index is 1200. The number of fused-ring (bicyclic) bond motifs is 1. The van der Waals surface area contributed by atoms with Gasteiger partial charge in [-0.1, -0.05) is 12.1 Å². The van der Waals surface area contributed by atoms with E-state index in [1.54, 1.807) is 17.4 Å². The van der Waals surface area contributed by atoms with Crippen molar-refractivity contribution < 1.29 is 24.1 Å². The first kappa shape index (κ1) is 23.3. The number of aromatic nitrogens is 3. The average Bonchev–Trinajstić information content (AvgIpc) is 3.11. The highest BCUT2D eigenvalue weighted by molar-refractivity contribution is 6.13. The van der Waals surface area contributed by atoms with Crippen molar-refractivity contribution in [3.63, 3.8) is 0 Å². The summed E-state index contributed by atoms with van der Waals surface area (Å²) in [6.07, 6.45) is 2.22. The standard InChI is InChI=1S/C20H23BF2N6O3/c1-10-3-4-11(19(2,30)18(22)23)7-12(10)15-8-26-17-16(25)27-14(9-29(15)17)13(5-6-24)28-20(21,31)32/h3-9,18,24,28,30-32H,21H2,1-2H3,(H2,25,27)/b13-5-,24-6?. The van der Waals surface area contributed by atoms with Crippen molar-refractivity contribution in [2.45, 2.75) is 31.7 Å². The summed E-state index contributed by atoms with van der Waals surface area (Å²) < 4.78 is 28.3. The van der Waals surface area contributed by atoms with Crippen molar-refractivity contribution in [2.75, 3.05) is 5.73 Å². The zero-order valence-electron chi connectivity index (χ0n) is 17.6. The topological polar surface area (TPSA) is 153 Å². The van der Waals surface area contributed by atoms with Gasteiger partial charge in [-0.05, 0) is 37.1 Å². The van der Waals surface area contributed by atoms with Gasteiger partial charge >= 0.3 is 0 Å². The molecule has 1 unspecified atom stereocenters. The van der Waals surface area contributed by atoms with Gasteiger partial charge in [-0.2, -0.15) is 0 Å². The van der Waals surface area contributed by atoms with Crippen molar-refractivity contribution in [3.05, 3.63) is 53.5 Å². The second-order valence-electron chi connectivity index (χ2n) is 7.72. The number of hydrogen-bond donors (Lipinski definition) is 6. The van der Waals surface area contributed by atoms with Gasteiger partial charge in [-0.3, -0.25) is 4.40 Å². The molecule has 7 N–H and O–H groups in total. The zero-order valence-corrected chi connectivity index (χ0v) is 17.6. The van der Waals surface area contributed by atoms with Gasteiger partial charge in [0.15, 0.2) is 17.3 Å². The second kappa shape index (κ2) is 8.30. The summed E-state index contributed by atoms with van der Waals surface area (Å²) in [5, 5.41) is 39.4. The molecule has 0 aliphatic heterocycles. The SMILES string of the molecule is BC(O)(O)N/C(=C\C=N)c1cn2c(-c3cc(C(C)(O)C(F)F)ccc3C)cnc2c(N)n1. The fourth-order valence-corrected chi connectivity index (χ4v) is 3.21. The molecular weight excluding hydrogens is 421 g/mol. The Morgan fingerprint density at radius 1 is 1.34 bits per heavy atom. The lowest BCUT2D eigenvalue weighted by atomic mass is 9.92. The van der Waals surface area contributed by atoms with E-state index in [4.69, 9.17) is 11.1 Å². The maximum Gasteiger partial charge on any atom is 0.270 e. The molecule has 0 saturated heterocycles. The van der Waals surface area contributed by atoms with Crippen LogP contribution in [0.2, 0.25) is 0 Å². The van der Waals surface area contributed by atoms with Crippen LogP contribution in [0, 0.1) is 12.3 Å². The molecule has 168 valence electrons. The zero-order chi connectivity index (χ0) is 23.8. The lowest BCUT2D eigenvalue weighted by Crippen LogP contribution is -2.44. The number of aryl methyl sites for hydroxylation is 1. The normalized spacial score (nSPS) is 14.6. The van der Waals surface area contributed by atoms with E-state index in [1.807, 2.05) is 0 Å². The summed E-state index contributed by atoms with van der Waals surface area (Å²) in [7, 11) is 1.10. The van der Waals surface area contributed by atoms with E-state index in [2.05, 4.69) is 15.3 Å². The number of alkyl halides is 2. The van der Waals surface area contributed by atoms with Crippen LogP contribution in [-0.4, -0.2) is 56.0 Å². The maximum atomic E-state index is 13.4. The van der Waals surface area contributed by atoms with E-state index >= 15 is 0 Å².